The molecule has 0 bridgehead atoms. The summed E-state index contributed by atoms with van der Waals surface area (Å²) in [5.41, 5.74) is 10.3. The lowest BCUT2D eigenvalue weighted by atomic mass is 9.95. The average molecular weight is 364 g/mol. The third-order valence-corrected chi connectivity index (χ3v) is 5.39. The van der Waals surface area contributed by atoms with Gasteiger partial charge in [-0.3, -0.25) is 0 Å². The molecule has 4 rings (SSSR count). The number of oxime groups is 1. The van der Waals surface area contributed by atoms with Gasteiger partial charge in [0.25, 0.3) is 0 Å². The number of nitrogens with two attached hydrogens (primary N) is 1. The van der Waals surface area contributed by atoms with Gasteiger partial charge < -0.3 is 20.2 Å². The van der Waals surface area contributed by atoms with Crippen LogP contribution in [0.2, 0.25) is 0 Å². The first kappa shape index (κ1) is 17.4. The third-order valence-electron chi connectivity index (χ3n) is 5.39. The Kier molecular flexibility index (Phi) is 4.71. The summed E-state index contributed by atoms with van der Waals surface area (Å²) in [6.45, 7) is 0. The fourth-order valence-corrected chi connectivity index (χ4v) is 4.01. The Bertz CT molecular complexity index is 970. The Morgan fingerprint density at radius 2 is 1.81 bits per heavy atom. The molecule has 3 aromatic rings. The first-order chi connectivity index (χ1) is 13.2. The highest BCUT2D eigenvalue weighted by molar-refractivity contribution is 6.13. The summed E-state index contributed by atoms with van der Waals surface area (Å²) in [6.07, 6.45) is 5.98. The van der Waals surface area contributed by atoms with E-state index >= 15 is 0 Å². The van der Waals surface area contributed by atoms with E-state index in [1.807, 2.05) is 42.5 Å². The van der Waals surface area contributed by atoms with Crippen LogP contribution in [0.25, 0.3) is 11.0 Å². The molecule has 3 N–H and O–H groups in total. The molecular weight excluding hydrogens is 340 g/mol. The summed E-state index contributed by atoms with van der Waals surface area (Å²) in [4.78, 5) is 4.53. The highest BCUT2D eigenvalue weighted by Gasteiger charge is 2.21. The van der Waals surface area contributed by atoms with E-state index in [4.69, 9.17) is 10.5 Å². The van der Waals surface area contributed by atoms with Crippen molar-refractivity contribution in [2.45, 2.75) is 38.1 Å². The number of aromatic nitrogens is 2. The van der Waals surface area contributed by atoms with Crippen LogP contribution in [0.4, 0.5) is 5.95 Å². The Labute approximate surface area is 158 Å². The van der Waals surface area contributed by atoms with Crippen LogP contribution in [-0.2, 0) is 0 Å². The van der Waals surface area contributed by atoms with Gasteiger partial charge in [-0.1, -0.05) is 30.5 Å². The summed E-state index contributed by atoms with van der Waals surface area (Å²) in [5, 5.41) is 13.2. The highest BCUT2D eigenvalue weighted by Crippen LogP contribution is 2.34. The van der Waals surface area contributed by atoms with Gasteiger partial charge >= 0.3 is 0 Å². The van der Waals surface area contributed by atoms with Gasteiger partial charge in [0, 0.05) is 17.2 Å². The molecule has 1 aliphatic carbocycles. The minimum atomic E-state index is 0.384. The van der Waals surface area contributed by atoms with E-state index in [0.717, 1.165) is 40.8 Å². The van der Waals surface area contributed by atoms with E-state index in [2.05, 4.69) is 14.7 Å². The fourth-order valence-electron chi connectivity index (χ4n) is 4.01. The normalized spacial score (nSPS) is 16.0. The molecule has 1 saturated carbocycles. The van der Waals surface area contributed by atoms with Crippen LogP contribution in [0.3, 0.4) is 0 Å². The van der Waals surface area contributed by atoms with Crippen molar-refractivity contribution in [2.75, 3.05) is 12.8 Å². The van der Waals surface area contributed by atoms with Gasteiger partial charge in [0.15, 0.2) is 0 Å². The molecule has 1 aliphatic rings. The van der Waals surface area contributed by atoms with Gasteiger partial charge in [-0.05, 0) is 49.2 Å². The maximum absolute atomic E-state index is 9.66. The largest absolute Gasteiger partial charge is 0.497 e. The molecule has 0 unspecified atom stereocenters. The monoisotopic (exact) mass is 364 g/mol. The summed E-state index contributed by atoms with van der Waals surface area (Å²) in [5.74, 6) is 1.32. The number of hydrogen-bond donors (Lipinski definition) is 2. The Morgan fingerprint density at radius 3 is 2.48 bits per heavy atom. The number of anilines is 1. The summed E-state index contributed by atoms with van der Waals surface area (Å²) < 4.78 is 7.36. The number of methoxy groups -OCH3 is 1. The van der Waals surface area contributed by atoms with Crippen molar-refractivity contribution in [1.29, 1.82) is 0 Å². The zero-order valence-electron chi connectivity index (χ0n) is 15.4. The second-order valence-electron chi connectivity index (χ2n) is 7.01. The summed E-state index contributed by atoms with van der Waals surface area (Å²) in [7, 11) is 1.63. The van der Waals surface area contributed by atoms with Crippen molar-refractivity contribution in [3.05, 3.63) is 53.6 Å². The number of nitrogens with zero attached hydrogens (tertiary/aromatic N) is 3. The Morgan fingerprint density at radius 1 is 1.11 bits per heavy atom. The van der Waals surface area contributed by atoms with Crippen LogP contribution in [0.1, 0.15) is 49.3 Å². The van der Waals surface area contributed by atoms with Crippen LogP contribution in [0.15, 0.2) is 47.6 Å². The summed E-state index contributed by atoms with van der Waals surface area (Å²) >= 11 is 0. The average Bonchev–Trinajstić information content (AvgIpc) is 3.05. The van der Waals surface area contributed by atoms with Crippen LogP contribution in [0.5, 0.6) is 5.75 Å². The zero-order chi connectivity index (χ0) is 18.8. The van der Waals surface area contributed by atoms with E-state index in [-0.39, 0.29) is 0 Å². The quantitative estimate of drug-likeness (QED) is 0.409. The van der Waals surface area contributed by atoms with Gasteiger partial charge in [-0.2, -0.15) is 0 Å². The third kappa shape index (κ3) is 3.23. The van der Waals surface area contributed by atoms with E-state index in [1.54, 1.807) is 7.11 Å². The van der Waals surface area contributed by atoms with Gasteiger partial charge in [0.2, 0.25) is 5.95 Å². The number of benzene rings is 2. The maximum Gasteiger partial charge on any atom is 0.201 e. The van der Waals surface area contributed by atoms with E-state index in [1.165, 1.54) is 19.3 Å². The first-order valence-electron chi connectivity index (χ1n) is 9.35. The van der Waals surface area contributed by atoms with E-state index in [0.29, 0.717) is 17.7 Å². The van der Waals surface area contributed by atoms with Gasteiger partial charge in [-0.15, -0.1) is 0 Å². The molecule has 0 atom stereocenters. The predicted molar refractivity (Wildman–Crippen MR) is 107 cm³/mol. The van der Waals surface area contributed by atoms with Crippen molar-refractivity contribution in [3.63, 3.8) is 0 Å². The first-order valence-corrected chi connectivity index (χ1v) is 9.35. The van der Waals surface area contributed by atoms with E-state index < -0.39 is 0 Å². The lowest BCUT2D eigenvalue weighted by molar-refractivity contribution is 0.319. The fraction of sp³-hybridized carbons (Fsp3) is 0.333. The van der Waals surface area contributed by atoms with Crippen LogP contribution < -0.4 is 10.5 Å². The molecule has 2 aromatic carbocycles. The molecule has 0 radical (unpaired) electrons. The van der Waals surface area contributed by atoms with Crippen molar-refractivity contribution in [2.24, 2.45) is 5.16 Å². The molecule has 6 heteroatoms. The molecule has 27 heavy (non-hydrogen) atoms. The predicted octanol–water partition coefficient (Wildman–Crippen LogP) is 4.36. The molecule has 0 spiro atoms. The van der Waals surface area contributed by atoms with Gasteiger partial charge in [0.1, 0.15) is 11.5 Å². The molecule has 0 saturated heterocycles. The minimum Gasteiger partial charge on any atom is -0.497 e. The zero-order valence-corrected chi connectivity index (χ0v) is 15.4. The Hall–Kier alpha value is -3.02. The van der Waals surface area contributed by atoms with Crippen LogP contribution >= 0.6 is 0 Å². The second kappa shape index (κ2) is 7.31. The standard InChI is InChI=1S/C21H24N4O2/c1-27-17-10-7-14(8-11-17)20(24-26)15-9-12-18-19(13-15)25(21(22)23-18)16-5-3-2-4-6-16/h7-13,16,26H,2-6H2,1H3,(H2,22,23). The van der Waals surface area contributed by atoms with Crippen molar-refractivity contribution < 1.29 is 9.94 Å². The number of hydrogen-bond acceptors (Lipinski definition) is 5. The minimum absolute atomic E-state index is 0.384. The van der Waals surface area contributed by atoms with Gasteiger partial charge in [-0.25, -0.2) is 4.98 Å². The van der Waals surface area contributed by atoms with Crippen molar-refractivity contribution in [3.8, 4) is 5.75 Å². The Balaban J connectivity index is 1.77. The van der Waals surface area contributed by atoms with Crippen LogP contribution in [0, 0.1) is 0 Å². The van der Waals surface area contributed by atoms with E-state index in [9.17, 15) is 5.21 Å². The smallest absolute Gasteiger partial charge is 0.201 e. The summed E-state index contributed by atoms with van der Waals surface area (Å²) in [6, 6.07) is 13.7. The topological polar surface area (TPSA) is 85.7 Å². The molecule has 0 amide bonds. The maximum atomic E-state index is 9.66. The van der Waals surface area contributed by atoms with Crippen LogP contribution in [-0.4, -0.2) is 27.6 Å². The lowest BCUT2D eigenvalue weighted by Gasteiger charge is -2.24. The number of nitrogen functional groups attached to an aromatic ring is 1. The molecule has 140 valence electrons. The molecule has 1 aromatic heterocycles. The SMILES string of the molecule is COc1ccc(C(=NO)c2ccc3nc(N)n(C4CCCCC4)c3c2)cc1. The van der Waals surface area contributed by atoms with Gasteiger partial charge in [0.05, 0.1) is 18.1 Å². The molecule has 1 fully saturated rings. The number of rotatable bonds is 4. The molecule has 1 heterocycles. The van der Waals surface area contributed by atoms with Crippen molar-refractivity contribution in [1.82, 2.24) is 9.55 Å². The second-order valence-corrected chi connectivity index (χ2v) is 7.01. The van der Waals surface area contributed by atoms with Crippen molar-refractivity contribution >= 4 is 22.7 Å². The molecule has 0 aliphatic heterocycles. The number of ether oxygens (including phenoxy) is 1. The highest BCUT2D eigenvalue weighted by atomic mass is 16.5. The number of fused-ring (bicyclic) bond motifs is 1. The molecular formula is C21H24N4O2. The number of imidazole rings is 1. The lowest BCUT2D eigenvalue weighted by Crippen LogP contribution is -2.15. The molecule has 6 nitrogen and oxygen atoms in total.